The molecule has 1 spiro atoms. The Morgan fingerprint density at radius 3 is 2.21 bits per heavy atom. The fourth-order valence-corrected chi connectivity index (χ4v) is 13.4. The van der Waals surface area contributed by atoms with Crippen LogP contribution in [0.1, 0.15) is 126 Å². The number of non-ortho nitro benzene ring substituents is 1. The Kier molecular flexibility index (Phi) is 13.3. The van der Waals surface area contributed by atoms with E-state index in [1.54, 1.807) is 12.1 Å². The smallest absolute Gasteiger partial charge is 0.325 e. The Morgan fingerprint density at radius 2 is 1.51 bits per heavy atom. The molecule has 63 heavy (non-hydrogen) atoms. The molecule has 6 aliphatic heterocycles. The Morgan fingerprint density at radius 1 is 0.857 bits per heavy atom. The highest BCUT2D eigenvalue weighted by Crippen LogP contribution is 2.61. The number of carbonyl (C=O) groups is 2. The molecule has 2 bridgehead atoms. The van der Waals surface area contributed by atoms with Gasteiger partial charge in [-0.1, -0.05) is 27.7 Å². The fraction of sp³-hybridized carbons (Fsp3) is 0.830. The van der Waals surface area contributed by atoms with Crippen molar-refractivity contribution in [1.29, 1.82) is 0 Å². The highest BCUT2D eigenvalue weighted by atomic mass is 17.3. The maximum atomic E-state index is 14.5. The molecule has 6 saturated heterocycles. The maximum Gasteiger partial charge on any atom is 0.325 e. The quantitative estimate of drug-likeness (QED) is 0.0801. The Bertz CT molecular complexity index is 1820. The number of amides is 1. The number of nitrogens with one attached hydrogen (secondary N) is 1. The number of anilines is 1. The van der Waals surface area contributed by atoms with Crippen LogP contribution < -0.4 is 10.2 Å². The number of ether oxygens (including phenoxy) is 5. The van der Waals surface area contributed by atoms with Crippen LogP contribution in [0, 0.1) is 57.5 Å². The van der Waals surface area contributed by atoms with E-state index in [4.69, 9.17) is 38.3 Å². The second-order valence-electron chi connectivity index (χ2n) is 20.9. The molecular weight excluding hydrogens is 815 g/mol. The van der Waals surface area contributed by atoms with E-state index in [0.29, 0.717) is 56.2 Å². The highest BCUT2D eigenvalue weighted by Gasteiger charge is 2.69. The van der Waals surface area contributed by atoms with Crippen LogP contribution in [0.2, 0.25) is 0 Å². The van der Waals surface area contributed by atoms with Crippen LogP contribution in [0.25, 0.3) is 0 Å². The molecule has 9 rings (SSSR count). The molecule has 16 heteroatoms. The van der Waals surface area contributed by atoms with Crippen molar-refractivity contribution >= 4 is 23.3 Å². The van der Waals surface area contributed by atoms with Crippen molar-refractivity contribution in [2.45, 2.75) is 179 Å². The normalized spacial score (nSPS) is 41.8. The standard InChI is InChI=1S/C47H71N3O13/c1-27-11-17-35-29(3)38(57-42-46(35,61-55)33(27)21-23-44(5,6)59-42)10-9-25-49(31-13-15-32(16-14-31)50(53)54)37(41(52)48-26-40(51)56-8)19-20-39-30(4)36-18-12-28(2)34-22-24-45(7)60-43(58-39)47(34,36)63-62-45/h13-16,27-30,33-39,42-43,55H,9-12,17-26H2,1-8H3,(H,48,52)/t27-,28-,29-,30-,33?,34?,35?,36?,37?,38-,39-,42-,43-,45-,46-,47-/m1/s1. The van der Waals surface area contributed by atoms with Gasteiger partial charge < -0.3 is 33.9 Å². The molecule has 2 aliphatic carbocycles. The number of benzene rings is 1. The average Bonchev–Trinajstić information content (AvgIpc) is 3.56. The molecule has 0 aromatic heterocycles. The topological polar surface area (TPSA) is 187 Å². The highest BCUT2D eigenvalue weighted by molar-refractivity contribution is 5.88. The number of esters is 1. The van der Waals surface area contributed by atoms with Crippen LogP contribution >= 0.6 is 0 Å². The van der Waals surface area contributed by atoms with E-state index in [1.165, 1.54) is 19.2 Å². The van der Waals surface area contributed by atoms with E-state index in [2.05, 4.69) is 46.9 Å². The third kappa shape index (κ3) is 8.42. The Balaban J connectivity index is 1.06. The average molecular weight is 886 g/mol. The van der Waals surface area contributed by atoms with E-state index in [-0.39, 0.29) is 65.9 Å². The lowest BCUT2D eigenvalue weighted by Crippen LogP contribution is -2.70. The number of rotatable bonds is 14. The molecule has 8 aliphatic rings. The van der Waals surface area contributed by atoms with Crippen LogP contribution in [-0.4, -0.2) is 95.7 Å². The molecule has 6 heterocycles. The number of hydrogen-bond donors (Lipinski definition) is 2. The van der Waals surface area contributed by atoms with Crippen LogP contribution in [0.3, 0.4) is 0 Å². The fourth-order valence-electron chi connectivity index (χ4n) is 13.4. The first kappa shape index (κ1) is 46.6. The summed E-state index contributed by atoms with van der Waals surface area (Å²) < 4.78 is 32.1. The zero-order chi connectivity index (χ0) is 45.1. The summed E-state index contributed by atoms with van der Waals surface area (Å²) in [6, 6.07) is 5.46. The number of nitrogens with zero attached hydrogens (tertiary/aromatic N) is 2. The van der Waals surface area contributed by atoms with Gasteiger partial charge >= 0.3 is 5.97 Å². The Labute approximate surface area is 371 Å². The second kappa shape index (κ2) is 18.0. The molecule has 352 valence electrons. The van der Waals surface area contributed by atoms with Crippen molar-refractivity contribution in [1.82, 2.24) is 5.32 Å². The summed E-state index contributed by atoms with van der Waals surface area (Å²) in [4.78, 5) is 58.2. The zero-order valence-corrected chi connectivity index (χ0v) is 38.5. The molecule has 0 radical (unpaired) electrons. The largest absolute Gasteiger partial charge is 0.468 e. The van der Waals surface area contributed by atoms with Crippen molar-refractivity contribution in [2.24, 2.45) is 47.3 Å². The van der Waals surface area contributed by atoms with Crippen LogP contribution in [0.15, 0.2) is 24.3 Å². The van der Waals surface area contributed by atoms with Crippen molar-refractivity contribution in [3.8, 4) is 0 Å². The van der Waals surface area contributed by atoms with Crippen molar-refractivity contribution in [2.75, 3.05) is 25.1 Å². The van der Waals surface area contributed by atoms with E-state index in [1.807, 2.05) is 11.8 Å². The van der Waals surface area contributed by atoms with E-state index < -0.39 is 52.1 Å². The minimum absolute atomic E-state index is 0.00968. The number of methoxy groups -OCH3 is 1. The monoisotopic (exact) mass is 885 g/mol. The minimum atomic E-state index is -0.970. The maximum absolute atomic E-state index is 14.5. The van der Waals surface area contributed by atoms with E-state index in [9.17, 15) is 25.0 Å². The summed E-state index contributed by atoms with van der Waals surface area (Å²) in [5, 5.41) is 25.3. The summed E-state index contributed by atoms with van der Waals surface area (Å²) >= 11 is 0. The summed E-state index contributed by atoms with van der Waals surface area (Å²) in [6.07, 6.45) is 7.37. The Hall–Kier alpha value is -2.96. The number of nitro benzene ring substituents is 1. The van der Waals surface area contributed by atoms with Gasteiger partial charge in [0, 0.05) is 42.6 Å². The molecule has 2 saturated carbocycles. The van der Waals surface area contributed by atoms with Crippen LogP contribution in [-0.2, 0) is 47.9 Å². The van der Waals surface area contributed by atoms with Crippen LogP contribution in [0.5, 0.6) is 0 Å². The summed E-state index contributed by atoms with van der Waals surface area (Å²) in [5.74, 6) is -0.608. The lowest BCUT2D eigenvalue weighted by molar-refractivity contribution is -0.571. The molecule has 8 fully saturated rings. The predicted molar refractivity (Wildman–Crippen MR) is 229 cm³/mol. The van der Waals surface area contributed by atoms with Gasteiger partial charge in [0.25, 0.3) is 5.69 Å². The van der Waals surface area contributed by atoms with Crippen molar-refractivity contribution in [3.05, 3.63) is 34.4 Å². The van der Waals surface area contributed by atoms with Gasteiger partial charge in [0.05, 0.1) is 29.8 Å². The van der Waals surface area contributed by atoms with Gasteiger partial charge in [-0.3, -0.25) is 25.0 Å². The van der Waals surface area contributed by atoms with Gasteiger partial charge in [-0.05, 0) is 139 Å². The summed E-state index contributed by atoms with van der Waals surface area (Å²) in [6.45, 7) is 15.0. The van der Waals surface area contributed by atoms with Gasteiger partial charge in [0.2, 0.25) is 11.7 Å². The number of fused-ring (bicyclic) bond motifs is 2. The molecule has 1 aromatic carbocycles. The van der Waals surface area contributed by atoms with Crippen molar-refractivity contribution in [3.63, 3.8) is 0 Å². The number of carbonyl (C=O) groups excluding carboxylic acids is 2. The first-order chi connectivity index (χ1) is 30.0. The van der Waals surface area contributed by atoms with Crippen LogP contribution in [0.4, 0.5) is 11.4 Å². The van der Waals surface area contributed by atoms with Gasteiger partial charge in [0.15, 0.2) is 23.8 Å². The van der Waals surface area contributed by atoms with Gasteiger partial charge in [-0.2, -0.15) is 0 Å². The second-order valence-corrected chi connectivity index (χ2v) is 20.9. The van der Waals surface area contributed by atoms with Gasteiger partial charge in [-0.25, -0.2) is 14.7 Å². The number of nitro groups is 1. The SMILES string of the molecule is COC(=O)CNC(=O)C(CC[C@H]1O[C@@H]2O[C@@]3(C)CCC4[C@H](C)CCC([C@H]1C)[C@]42OO3)N(CCC[C@H]1O[C@@H]2OC(C)(C)CCC3[C@H](C)CCC([C@H]1C)[C@]32OO)c1ccc([N+](=O)[O-])cc1. The lowest BCUT2D eigenvalue weighted by atomic mass is 9.57. The zero-order valence-electron chi connectivity index (χ0n) is 38.5. The molecule has 5 unspecified atom stereocenters. The molecule has 2 N–H and O–H groups in total. The third-order valence-corrected chi connectivity index (χ3v) is 16.9. The van der Waals surface area contributed by atoms with Crippen molar-refractivity contribution < 1.29 is 58.1 Å². The molecule has 1 amide bonds. The van der Waals surface area contributed by atoms with Gasteiger partial charge in [0.1, 0.15) is 12.6 Å². The first-order valence-corrected chi connectivity index (χ1v) is 23.7. The van der Waals surface area contributed by atoms with E-state index >= 15 is 0 Å². The molecule has 16 atom stereocenters. The molecule has 16 nitrogen and oxygen atoms in total. The van der Waals surface area contributed by atoms with Gasteiger partial charge in [-0.15, -0.1) is 0 Å². The lowest BCUT2D eigenvalue weighted by Gasteiger charge is -2.60. The van der Waals surface area contributed by atoms with E-state index in [0.717, 1.165) is 44.9 Å². The summed E-state index contributed by atoms with van der Waals surface area (Å²) in [5.41, 5.74) is -1.60. The third-order valence-electron chi connectivity index (χ3n) is 16.9. The summed E-state index contributed by atoms with van der Waals surface area (Å²) in [7, 11) is 1.28. The first-order valence-electron chi connectivity index (χ1n) is 23.7. The number of hydrogen-bond acceptors (Lipinski definition) is 14. The molecular formula is C47H71N3O13. The predicted octanol–water partition coefficient (Wildman–Crippen LogP) is 7.71. The minimum Gasteiger partial charge on any atom is -0.468 e. The molecule has 1 aromatic rings.